The van der Waals surface area contributed by atoms with E-state index < -0.39 is 5.97 Å². The molecule has 0 aliphatic heterocycles. The van der Waals surface area contributed by atoms with E-state index in [-0.39, 0.29) is 21.8 Å². The highest BCUT2D eigenvalue weighted by molar-refractivity contribution is 8.14. The van der Waals surface area contributed by atoms with Gasteiger partial charge in [-0.15, -0.1) is 0 Å². The molecule has 1 aromatic rings. The lowest BCUT2D eigenvalue weighted by atomic mass is 10.4. The van der Waals surface area contributed by atoms with Gasteiger partial charge in [-0.1, -0.05) is 25.6 Å². The molecule has 0 radical (unpaired) electrons. The molecule has 0 fully saturated rings. The fraction of sp³-hybridized carbons (Fsp3) is 0.333. The lowest BCUT2D eigenvalue weighted by Gasteiger charge is -2.02. The number of rotatable bonds is 3. The number of hydrogen-bond acceptors (Lipinski definition) is 5. The van der Waals surface area contributed by atoms with Crippen molar-refractivity contribution in [1.82, 2.24) is 9.97 Å². The average molecular weight is 226 g/mol. The molecule has 0 saturated heterocycles. The predicted molar refractivity (Wildman–Crippen MR) is 56.0 cm³/mol. The zero-order valence-electron chi connectivity index (χ0n) is 8.30. The molecule has 0 bridgehead atoms. The van der Waals surface area contributed by atoms with E-state index in [2.05, 4.69) is 9.97 Å². The maximum atomic E-state index is 11.4. The molecular weight excluding hydrogens is 216 g/mol. The van der Waals surface area contributed by atoms with Gasteiger partial charge in [0.15, 0.2) is 5.69 Å². The lowest BCUT2D eigenvalue weighted by molar-refractivity contribution is 0.0689. The molecule has 1 rings (SSSR count). The van der Waals surface area contributed by atoms with Gasteiger partial charge < -0.3 is 5.11 Å². The monoisotopic (exact) mass is 226 g/mol. The van der Waals surface area contributed by atoms with E-state index in [1.54, 1.807) is 0 Å². The van der Waals surface area contributed by atoms with Gasteiger partial charge in [0.1, 0.15) is 5.69 Å². The quantitative estimate of drug-likeness (QED) is 0.840. The first kappa shape index (κ1) is 11.6. The Bertz CT molecular complexity index is 375. The number of carbonyl (C=O) groups excluding carboxylic acids is 1. The van der Waals surface area contributed by atoms with Crippen molar-refractivity contribution < 1.29 is 14.7 Å². The first-order valence-corrected chi connectivity index (χ1v) is 5.15. The number of aromatic carboxylic acids is 1. The number of aromatic nitrogens is 2. The predicted octanol–water partition coefficient (Wildman–Crippen LogP) is 1.46. The summed E-state index contributed by atoms with van der Waals surface area (Å²) in [5.74, 6) is -1.15. The highest BCUT2D eigenvalue weighted by Crippen LogP contribution is 2.15. The van der Waals surface area contributed by atoms with Crippen LogP contribution in [-0.2, 0) is 0 Å². The summed E-state index contributed by atoms with van der Waals surface area (Å²) in [7, 11) is 0. The molecule has 0 unspecified atom stereocenters. The maximum Gasteiger partial charge on any atom is 0.356 e. The second-order valence-electron chi connectivity index (χ2n) is 3.05. The molecule has 15 heavy (non-hydrogen) atoms. The zero-order chi connectivity index (χ0) is 11.4. The molecule has 0 aliphatic carbocycles. The molecule has 1 heterocycles. The van der Waals surface area contributed by atoms with Crippen LogP contribution in [0, 0.1) is 0 Å². The first-order valence-electron chi connectivity index (χ1n) is 4.27. The van der Waals surface area contributed by atoms with Crippen molar-refractivity contribution in [2.75, 3.05) is 0 Å². The van der Waals surface area contributed by atoms with Gasteiger partial charge in [-0.05, 0) is 0 Å². The van der Waals surface area contributed by atoms with Crippen LogP contribution in [0.25, 0.3) is 0 Å². The molecule has 0 atom stereocenters. The minimum absolute atomic E-state index is 0.165. The van der Waals surface area contributed by atoms with E-state index in [0.29, 0.717) is 0 Å². The van der Waals surface area contributed by atoms with Crippen molar-refractivity contribution in [2.24, 2.45) is 0 Å². The van der Waals surface area contributed by atoms with Crippen LogP contribution in [0.4, 0.5) is 0 Å². The van der Waals surface area contributed by atoms with Gasteiger partial charge in [0.05, 0.1) is 12.4 Å². The summed E-state index contributed by atoms with van der Waals surface area (Å²) < 4.78 is 0. The van der Waals surface area contributed by atoms with Gasteiger partial charge in [-0.3, -0.25) is 4.79 Å². The van der Waals surface area contributed by atoms with Crippen LogP contribution in [0.2, 0.25) is 0 Å². The normalized spacial score (nSPS) is 10.3. The molecule has 1 N–H and O–H groups in total. The Labute approximate surface area is 90.9 Å². The number of nitrogens with zero attached hydrogens (tertiary/aromatic N) is 2. The second-order valence-corrected chi connectivity index (χ2v) is 4.60. The summed E-state index contributed by atoms with van der Waals surface area (Å²) in [5.41, 5.74) is 0.0137. The van der Waals surface area contributed by atoms with Gasteiger partial charge in [-0.2, -0.15) is 0 Å². The second kappa shape index (κ2) is 4.88. The third-order valence-corrected chi connectivity index (χ3v) is 2.32. The van der Waals surface area contributed by atoms with Crippen LogP contribution in [-0.4, -0.2) is 31.4 Å². The van der Waals surface area contributed by atoms with E-state index >= 15 is 0 Å². The summed E-state index contributed by atoms with van der Waals surface area (Å²) in [5, 5.41) is 8.53. The van der Waals surface area contributed by atoms with Crippen LogP contribution >= 0.6 is 11.8 Å². The third kappa shape index (κ3) is 3.32. The van der Waals surface area contributed by atoms with Crippen LogP contribution in [0.15, 0.2) is 12.4 Å². The standard InChI is InChI=1S/C9H10N2O3S/c1-5(2)15-9(14)7-4-10-6(3-11-7)8(12)13/h3-5H,1-2H3,(H,12,13). The molecule has 0 aromatic carbocycles. The molecular formula is C9H10N2O3S. The lowest BCUT2D eigenvalue weighted by Crippen LogP contribution is -2.06. The molecule has 6 heteroatoms. The topological polar surface area (TPSA) is 80.2 Å². The SMILES string of the molecule is CC(C)SC(=O)c1cnc(C(=O)O)cn1. The van der Waals surface area contributed by atoms with Crippen LogP contribution in [0.3, 0.4) is 0 Å². The number of thioether (sulfide) groups is 1. The Morgan fingerprint density at radius 2 is 1.80 bits per heavy atom. The minimum Gasteiger partial charge on any atom is -0.476 e. The molecule has 1 aromatic heterocycles. The van der Waals surface area contributed by atoms with Crippen LogP contribution < -0.4 is 0 Å². The van der Waals surface area contributed by atoms with Crippen LogP contribution in [0.1, 0.15) is 34.8 Å². The Morgan fingerprint density at radius 3 is 2.20 bits per heavy atom. The Balaban J connectivity index is 2.80. The van der Waals surface area contributed by atoms with E-state index in [1.165, 1.54) is 6.20 Å². The highest BCUT2D eigenvalue weighted by atomic mass is 32.2. The number of carbonyl (C=O) groups is 2. The Morgan fingerprint density at radius 1 is 1.27 bits per heavy atom. The summed E-state index contributed by atoms with van der Waals surface area (Å²) in [6, 6.07) is 0. The highest BCUT2D eigenvalue weighted by Gasteiger charge is 2.12. The van der Waals surface area contributed by atoms with Crippen molar-refractivity contribution >= 4 is 22.8 Å². The summed E-state index contributed by atoms with van der Waals surface area (Å²) in [4.78, 5) is 29.3. The molecule has 0 saturated carbocycles. The number of carboxylic acids is 1. The summed E-state index contributed by atoms with van der Waals surface area (Å²) in [6.45, 7) is 3.78. The van der Waals surface area contributed by atoms with Crippen molar-refractivity contribution in [2.45, 2.75) is 19.1 Å². The van der Waals surface area contributed by atoms with E-state index in [1.807, 2.05) is 13.8 Å². The molecule has 0 aliphatic rings. The zero-order valence-corrected chi connectivity index (χ0v) is 9.11. The van der Waals surface area contributed by atoms with E-state index in [4.69, 9.17) is 5.11 Å². The molecule has 0 spiro atoms. The van der Waals surface area contributed by atoms with Gasteiger partial charge in [0, 0.05) is 5.25 Å². The van der Waals surface area contributed by atoms with E-state index in [9.17, 15) is 9.59 Å². The molecule has 80 valence electrons. The van der Waals surface area contributed by atoms with Gasteiger partial charge >= 0.3 is 5.97 Å². The smallest absolute Gasteiger partial charge is 0.356 e. The van der Waals surface area contributed by atoms with Gasteiger partial charge in [0.25, 0.3) is 0 Å². The average Bonchev–Trinajstić information content (AvgIpc) is 2.17. The number of carboxylic acid groups (broad SMARTS) is 1. The minimum atomic E-state index is -1.15. The van der Waals surface area contributed by atoms with Crippen molar-refractivity contribution in [3.8, 4) is 0 Å². The molecule has 5 nitrogen and oxygen atoms in total. The third-order valence-electron chi connectivity index (χ3n) is 1.42. The maximum absolute atomic E-state index is 11.4. The fourth-order valence-corrected chi connectivity index (χ4v) is 1.47. The van der Waals surface area contributed by atoms with Crippen LogP contribution in [0.5, 0.6) is 0 Å². The van der Waals surface area contributed by atoms with Crippen molar-refractivity contribution in [3.63, 3.8) is 0 Å². The van der Waals surface area contributed by atoms with Crippen molar-refractivity contribution in [3.05, 3.63) is 23.8 Å². The largest absolute Gasteiger partial charge is 0.476 e. The number of hydrogen-bond donors (Lipinski definition) is 1. The van der Waals surface area contributed by atoms with Crippen molar-refractivity contribution in [1.29, 1.82) is 0 Å². The summed E-state index contributed by atoms with van der Waals surface area (Å²) >= 11 is 1.13. The molecule has 0 amide bonds. The van der Waals surface area contributed by atoms with E-state index in [0.717, 1.165) is 18.0 Å². The Hall–Kier alpha value is -1.43. The van der Waals surface area contributed by atoms with Gasteiger partial charge in [-0.25, -0.2) is 14.8 Å². The van der Waals surface area contributed by atoms with Gasteiger partial charge in [0.2, 0.25) is 5.12 Å². The Kier molecular flexibility index (Phi) is 3.79. The first-order chi connectivity index (χ1) is 7.00. The fourth-order valence-electron chi connectivity index (χ4n) is 0.818. The summed E-state index contributed by atoms with van der Waals surface area (Å²) in [6.07, 6.45) is 2.26.